The van der Waals surface area contributed by atoms with Crippen LogP contribution in [0.3, 0.4) is 0 Å². The summed E-state index contributed by atoms with van der Waals surface area (Å²) in [5, 5.41) is 10.6. The van der Waals surface area contributed by atoms with Crippen molar-refractivity contribution in [2.24, 2.45) is 0 Å². The number of halogens is 1. The van der Waals surface area contributed by atoms with Gasteiger partial charge in [-0.3, -0.25) is 5.10 Å². The average molecular weight is 199 g/mol. The molecule has 0 saturated carbocycles. The average Bonchev–Trinajstić information content (AvgIpc) is 2.77. The lowest BCUT2D eigenvalue weighted by molar-refractivity contribution is 0.488. The van der Waals surface area contributed by atoms with Crippen molar-refractivity contribution >= 4 is 11.6 Å². The van der Waals surface area contributed by atoms with Gasteiger partial charge in [0.2, 0.25) is 5.28 Å². The van der Waals surface area contributed by atoms with Crippen LogP contribution in [-0.4, -0.2) is 27.3 Å². The molecule has 3 unspecified atom stereocenters. The summed E-state index contributed by atoms with van der Waals surface area (Å²) < 4.78 is 0. The second-order valence-corrected chi connectivity index (χ2v) is 4.22. The Labute approximate surface area is 81.1 Å². The molecular formula is C8H11ClN4. The Morgan fingerprint density at radius 2 is 2.31 bits per heavy atom. The molecule has 5 heteroatoms. The van der Waals surface area contributed by atoms with Crippen molar-refractivity contribution in [1.29, 1.82) is 0 Å². The molecule has 2 saturated heterocycles. The molecule has 3 rings (SSSR count). The van der Waals surface area contributed by atoms with E-state index in [9.17, 15) is 0 Å². The van der Waals surface area contributed by atoms with E-state index in [4.69, 9.17) is 11.6 Å². The Kier molecular flexibility index (Phi) is 1.60. The number of nitrogens with one attached hydrogen (secondary N) is 2. The van der Waals surface area contributed by atoms with E-state index in [1.165, 1.54) is 19.3 Å². The van der Waals surface area contributed by atoms with Crippen LogP contribution in [0.1, 0.15) is 31.0 Å². The first-order valence-electron chi connectivity index (χ1n) is 4.67. The normalized spacial score (nSPS) is 37.2. The van der Waals surface area contributed by atoms with E-state index >= 15 is 0 Å². The highest BCUT2D eigenvalue weighted by molar-refractivity contribution is 6.28. The molecule has 3 atom stereocenters. The van der Waals surface area contributed by atoms with E-state index in [1.54, 1.807) is 0 Å². The molecule has 70 valence electrons. The number of aromatic amines is 1. The van der Waals surface area contributed by atoms with Gasteiger partial charge >= 0.3 is 0 Å². The van der Waals surface area contributed by atoms with Crippen molar-refractivity contribution in [3.05, 3.63) is 11.1 Å². The Balaban J connectivity index is 1.87. The number of rotatable bonds is 1. The first-order chi connectivity index (χ1) is 6.33. The van der Waals surface area contributed by atoms with Crippen molar-refractivity contribution in [3.63, 3.8) is 0 Å². The highest BCUT2D eigenvalue weighted by atomic mass is 35.5. The minimum atomic E-state index is 0.331. The van der Waals surface area contributed by atoms with Crippen molar-refractivity contribution in [2.45, 2.75) is 37.3 Å². The third-order valence-electron chi connectivity index (χ3n) is 3.13. The molecule has 1 aromatic heterocycles. The van der Waals surface area contributed by atoms with Crippen molar-refractivity contribution in [3.8, 4) is 0 Å². The molecule has 4 nitrogen and oxygen atoms in total. The zero-order chi connectivity index (χ0) is 8.84. The van der Waals surface area contributed by atoms with Gasteiger partial charge in [-0.2, -0.15) is 0 Å². The van der Waals surface area contributed by atoms with Crippen LogP contribution in [0, 0.1) is 0 Å². The summed E-state index contributed by atoms with van der Waals surface area (Å²) in [4.78, 5) is 4.17. The van der Waals surface area contributed by atoms with E-state index in [0.29, 0.717) is 23.3 Å². The Hall–Kier alpha value is -0.610. The quantitative estimate of drug-likeness (QED) is 0.710. The molecule has 2 aliphatic rings. The predicted molar refractivity (Wildman–Crippen MR) is 48.7 cm³/mol. The molecule has 0 radical (unpaired) electrons. The van der Waals surface area contributed by atoms with Gasteiger partial charge in [-0.15, -0.1) is 5.10 Å². The molecular weight excluding hydrogens is 188 g/mol. The largest absolute Gasteiger partial charge is 0.310 e. The molecule has 1 aromatic rings. The Morgan fingerprint density at radius 1 is 1.38 bits per heavy atom. The molecule has 3 heterocycles. The predicted octanol–water partition coefficient (Wildman–Crippen LogP) is 1.07. The Bertz CT molecular complexity index is 324. The van der Waals surface area contributed by atoms with Crippen LogP contribution in [0.4, 0.5) is 0 Å². The van der Waals surface area contributed by atoms with E-state index < -0.39 is 0 Å². The van der Waals surface area contributed by atoms with Gasteiger partial charge in [0, 0.05) is 18.0 Å². The van der Waals surface area contributed by atoms with Gasteiger partial charge in [0.05, 0.1) is 0 Å². The number of H-pyrrole nitrogens is 1. The van der Waals surface area contributed by atoms with E-state index in [1.807, 2.05) is 0 Å². The molecule has 0 aliphatic carbocycles. The van der Waals surface area contributed by atoms with Gasteiger partial charge in [-0.05, 0) is 30.9 Å². The second-order valence-electron chi connectivity index (χ2n) is 3.88. The lowest BCUT2D eigenvalue weighted by atomic mass is 9.89. The summed E-state index contributed by atoms with van der Waals surface area (Å²) in [5.41, 5.74) is 0. The van der Waals surface area contributed by atoms with E-state index in [0.717, 1.165) is 5.82 Å². The fraction of sp³-hybridized carbons (Fsp3) is 0.750. The summed E-state index contributed by atoms with van der Waals surface area (Å²) in [6, 6.07) is 1.29. The summed E-state index contributed by atoms with van der Waals surface area (Å²) in [7, 11) is 0. The summed E-state index contributed by atoms with van der Waals surface area (Å²) >= 11 is 5.67. The molecule has 0 spiro atoms. The van der Waals surface area contributed by atoms with Crippen LogP contribution < -0.4 is 5.32 Å². The minimum absolute atomic E-state index is 0.331. The van der Waals surface area contributed by atoms with Crippen LogP contribution in [0.2, 0.25) is 5.28 Å². The lowest BCUT2D eigenvalue weighted by Gasteiger charge is -2.16. The number of hydrogen-bond donors (Lipinski definition) is 2. The third-order valence-corrected chi connectivity index (χ3v) is 3.30. The third kappa shape index (κ3) is 1.16. The topological polar surface area (TPSA) is 53.6 Å². The van der Waals surface area contributed by atoms with Crippen LogP contribution in [0.25, 0.3) is 0 Å². The minimum Gasteiger partial charge on any atom is -0.310 e. The number of hydrogen-bond acceptors (Lipinski definition) is 3. The standard InChI is InChI=1S/C8H11ClN4/c9-8-11-7(12-13-8)5-3-4-1-2-6(5)10-4/h4-6,10H,1-3H2,(H,11,12,13). The first kappa shape index (κ1) is 7.76. The van der Waals surface area contributed by atoms with E-state index in [2.05, 4.69) is 20.5 Å². The first-order valence-corrected chi connectivity index (χ1v) is 5.04. The second kappa shape index (κ2) is 2.69. The van der Waals surface area contributed by atoms with Crippen molar-refractivity contribution in [2.75, 3.05) is 0 Å². The molecule has 0 amide bonds. The van der Waals surface area contributed by atoms with Gasteiger partial charge in [0.1, 0.15) is 5.82 Å². The van der Waals surface area contributed by atoms with Gasteiger partial charge in [-0.1, -0.05) is 0 Å². The lowest BCUT2D eigenvalue weighted by Crippen LogP contribution is -2.22. The van der Waals surface area contributed by atoms with Crippen LogP contribution in [0.15, 0.2) is 0 Å². The highest BCUT2D eigenvalue weighted by Gasteiger charge is 2.41. The zero-order valence-corrected chi connectivity index (χ0v) is 7.88. The fourth-order valence-corrected chi connectivity index (χ4v) is 2.68. The van der Waals surface area contributed by atoms with Gasteiger partial charge in [-0.25, -0.2) is 4.98 Å². The smallest absolute Gasteiger partial charge is 0.242 e. The van der Waals surface area contributed by atoms with Crippen LogP contribution >= 0.6 is 11.6 Å². The maximum atomic E-state index is 5.67. The molecule has 2 N–H and O–H groups in total. The summed E-state index contributed by atoms with van der Waals surface area (Å²) in [6.45, 7) is 0. The van der Waals surface area contributed by atoms with Crippen LogP contribution in [-0.2, 0) is 0 Å². The van der Waals surface area contributed by atoms with Crippen molar-refractivity contribution < 1.29 is 0 Å². The highest BCUT2D eigenvalue weighted by Crippen LogP contribution is 2.38. The summed E-state index contributed by atoms with van der Waals surface area (Å²) in [5.74, 6) is 1.45. The maximum Gasteiger partial charge on any atom is 0.242 e. The van der Waals surface area contributed by atoms with Gasteiger partial charge < -0.3 is 5.32 Å². The maximum absolute atomic E-state index is 5.67. The fourth-order valence-electron chi connectivity index (χ4n) is 2.54. The Morgan fingerprint density at radius 3 is 2.85 bits per heavy atom. The monoisotopic (exact) mass is 198 g/mol. The van der Waals surface area contributed by atoms with Crippen molar-refractivity contribution in [1.82, 2.24) is 20.5 Å². The molecule has 13 heavy (non-hydrogen) atoms. The number of aromatic nitrogens is 3. The van der Waals surface area contributed by atoms with Crippen LogP contribution in [0.5, 0.6) is 0 Å². The molecule has 2 fully saturated rings. The number of nitrogens with zero attached hydrogens (tertiary/aromatic N) is 2. The van der Waals surface area contributed by atoms with Gasteiger partial charge in [0.15, 0.2) is 0 Å². The zero-order valence-electron chi connectivity index (χ0n) is 7.13. The SMILES string of the molecule is Clc1n[nH]c(C2CC3CCC2N3)n1. The molecule has 2 bridgehead atoms. The summed E-state index contributed by atoms with van der Waals surface area (Å²) in [6.07, 6.45) is 3.74. The molecule has 0 aromatic carbocycles. The number of fused-ring (bicyclic) bond motifs is 2. The van der Waals surface area contributed by atoms with Gasteiger partial charge in [0.25, 0.3) is 0 Å². The van der Waals surface area contributed by atoms with E-state index in [-0.39, 0.29) is 0 Å². The molecule has 2 aliphatic heterocycles.